The van der Waals surface area contributed by atoms with Crippen molar-refractivity contribution in [3.05, 3.63) is 42.5 Å². The average molecular weight is 364 g/mol. The van der Waals surface area contributed by atoms with E-state index in [0.717, 1.165) is 11.6 Å². The van der Waals surface area contributed by atoms with Gasteiger partial charge < -0.3 is 15.2 Å². The number of aliphatic carboxylic acids is 1. The van der Waals surface area contributed by atoms with Gasteiger partial charge >= 0.3 is 12.1 Å². The molecule has 1 aromatic rings. The maximum absolute atomic E-state index is 11.8. The van der Waals surface area contributed by atoms with E-state index < -0.39 is 31.8 Å². The number of ether oxygens (including phenoxy) is 1. The van der Waals surface area contributed by atoms with E-state index in [4.69, 9.17) is 4.74 Å². The molecule has 0 saturated heterocycles. The zero-order valence-corrected chi connectivity index (χ0v) is 16.8. The first-order chi connectivity index (χ1) is 11.4. The summed E-state index contributed by atoms with van der Waals surface area (Å²) < 4.78 is 5.13. The number of benzene rings is 1. The maximum Gasteiger partial charge on any atom is 0.408 e. The van der Waals surface area contributed by atoms with E-state index in [1.807, 2.05) is 18.2 Å². The predicted molar refractivity (Wildman–Crippen MR) is 103 cm³/mol. The molecule has 2 N–H and O–H groups in total. The van der Waals surface area contributed by atoms with Crippen molar-refractivity contribution in [2.75, 3.05) is 0 Å². The van der Waals surface area contributed by atoms with Crippen molar-refractivity contribution in [1.29, 1.82) is 0 Å². The van der Waals surface area contributed by atoms with Crippen LogP contribution in [0.2, 0.25) is 19.1 Å². The summed E-state index contributed by atoms with van der Waals surface area (Å²) in [6, 6.07) is 7.93. The summed E-state index contributed by atoms with van der Waals surface area (Å²) in [6.07, 6.45) is 1.43. The Morgan fingerprint density at radius 1 is 1.28 bits per heavy atom. The predicted octanol–water partition coefficient (Wildman–Crippen LogP) is 3.31. The molecule has 0 aromatic heterocycles. The van der Waals surface area contributed by atoms with Crippen LogP contribution in [0.15, 0.2) is 36.9 Å². The summed E-state index contributed by atoms with van der Waals surface area (Å²) in [5, 5.41) is 13.1. The molecule has 138 valence electrons. The molecule has 0 saturated carbocycles. The van der Waals surface area contributed by atoms with Gasteiger partial charge in [-0.05, 0) is 32.4 Å². The molecule has 5 nitrogen and oxygen atoms in total. The summed E-state index contributed by atoms with van der Waals surface area (Å²) in [5.41, 5.74) is 0.187. The number of allylic oxidation sites excluding steroid dienone is 1. The van der Waals surface area contributed by atoms with Crippen LogP contribution in [0.5, 0.6) is 0 Å². The van der Waals surface area contributed by atoms with Crippen LogP contribution in [0.3, 0.4) is 0 Å². The third-order valence-corrected chi connectivity index (χ3v) is 7.02. The van der Waals surface area contributed by atoms with E-state index in [1.54, 1.807) is 20.8 Å². The fourth-order valence-corrected chi connectivity index (χ4v) is 4.48. The van der Waals surface area contributed by atoms with Gasteiger partial charge in [-0.2, -0.15) is 0 Å². The molecule has 1 atom stereocenters. The van der Waals surface area contributed by atoms with Gasteiger partial charge in [-0.3, -0.25) is 0 Å². The average Bonchev–Trinajstić information content (AvgIpc) is 2.45. The Hall–Kier alpha value is -2.08. The molecular formula is C19H29NO4Si. The quantitative estimate of drug-likeness (QED) is 0.576. The standard InChI is InChI=1S/C19H29NO4Si/c1-7-12-25(5,6)15-10-8-14(9-11-15)13-16(17(21)22)20-18(23)24-19(2,3)4/h7-11,16H,1,12-13H2,2-6H3,(H,20,23)(H,21,22). The van der Waals surface area contributed by atoms with Crippen LogP contribution in [0.4, 0.5) is 4.79 Å². The topological polar surface area (TPSA) is 75.6 Å². The van der Waals surface area contributed by atoms with Crippen molar-refractivity contribution < 1.29 is 19.4 Å². The van der Waals surface area contributed by atoms with Crippen LogP contribution in [0.1, 0.15) is 26.3 Å². The van der Waals surface area contributed by atoms with E-state index in [0.29, 0.717) is 0 Å². The van der Waals surface area contributed by atoms with Gasteiger partial charge in [-0.15, -0.1) is 6.58 Å². The zero-order chi connectivity index (χ0) is 19.3. The van der Waals surface area contributed by atoms with E-state index >= 15 is 0 Å². The van der Waals surface area contributed by atoms with Gasteiger partial charge in [0.2, 0.25) is 0 Å². The van der Waals surface area contributed by atoms with Gasteiger partial charge in [0.25, 0.3) is 0 Å². The minimum absolute atomic E-state index is 0.207. The first kappa shape index (κ1) is 21.0. The monoisotopic (exact) mass is 363 g/mol. The van der Waals surface area contributed by atoms with Crippen LogP contribution >= 0.6 is 0 Å². The second-order valence-corrected chi connectivity index (χ2v) is 12.6. The Morgan fingerprint density at radius 2 is 1.84 bits per heavy atom. The minimum atomic E-state index is -1.54. The van der Waals surface area contributed by atoms with Crippen LogP contribution in [0, 0.1) is 0 Å². The minimum Gasteiger partial charge on any atom is -0.480 e. The third kappa shape index (κ3) is 7.13. The number of hydrogen-bond donors (Lipinski definition) is 2. The summed E-state index contributed by atoms with van der Waals surface area (Å²) in [7, 11) is -1.54. The van der Waals surface area contributed by atoms with Crippen molar-refractivity contribution >= 4 is 25.3 Å². The highest BCUT2D eigenvalue weighted by molar-refractivity contribution is 6.90. The molecule has 0 heterocycles. The summed E-state index contributed by atoms with van der Waals surface area (Å²) in [5.74, 6) is -1.09. The molecule has 0 fully saturated rings. The number of carbonyl (C=O) groups is 2. The molecule has 0 aliphatic carbocycles. The highest BCUT2D eigenvalue weighted by Gasteiger charge is 2.25. The first-order valence-electron chi connectivity index (χ1n) is 8.37. The number of carbonyl (C=O) groups excluding carboxylic acids is 1. The molecule has 1 rings (SSSR count). The molecule has 0 spiro atoms. The highest BCUT2D eigenvalue weighted by atomic mass is 28.3. The van der Waals surface area contributed by atoms with E-state index in [2.05, 4.69) is 37.1 Å². The molecule has 1 unspecified atom stereocenters. The zero-order valence-electron chi connectivity index (χ0n) is 15.8. The number of hydrogen-bond acceptors (Lipinski definition) is 3. The van der Waals surface area contributed by atoms with Gasteiger partial charge in [-0.1, -0.05) is 48.6 Å². The first-order valence-corrected chi connectivity index (χ1v) is 11.6. The fraction of sp³-hybridized carbons (Fsp3) is 0.474. The van der Waals surface area contributed by atoms with Crippen molar-refractivity contribution in [3.63, 3.8) is 0 Å². The van der Waals surface area contributed by atoms with E-state index in [1.165, 1.54) is 5.19 Å². The lowest BCUT2D eigenvalue weighted by atomic mass is 10.1. The second-order valence-electron chi connectivity index (χ2n) is 7.81. The van der Waals surface area contributed by atoms with Gasteiger partial charge in [0.15, 0.2) is 0 Å². The highest BCUT2D eigenvalue weighted by Crippen LogP contribution is 2.12. The van der Waals surface area contributed by atoms with Crippen molar-refractivity contribution in [1.82, 2.24) is 5.32 Å². The lowest BCUT2D eigenvalue weighted by Crippen LogP contribution is -2.44. The SMILES string of the molecule is C=CC[Si](C)(C)c1ccc(CC(NC(=O)OC(C)(C)C)C(=O)O)cc1. The largest absolute Gasteiger partial charge is 0.480 e. The molecular weight excluding hydrogens is 334 g/mol. The lowest BCUT2D eigenvalue weighted by Gasteiger charge is -2.23. The number of carboxylic acids is 1. The number of carboxylic acid groups (broad SMARTS) is 1. The maximum atomic E-state index is 11.8. The molecule has 1 amide bonds. The molecule has 1 aromatic carbocycles. The number of nitrogens with one attached hydrogen (secondary N) is 1. The van der Waals surface area contributed by atoms with Gasteiger partial charge in [0.1, 0.15) is 11.6 Å². The molecule has 25 heavy (non-hydrogen) atoms. The molecule has 0 radical (unpaired) electrons. The van der Waals surface area contributed by atoms with Crippen LogP contribution in [0.25, 0.3) is 0 Å². The number of amides is 1. The molecule has 6 heteroatoms. The Balaban J connectivity index is 2.81. The smallest absolute Gasteiger partial charge is 0.408 e. The summed E-state index contributed by atoms with van der Waals surface area (Å²) in [6.45, 7) is 13.6. The van der Waals surface area contributed by atoms with Crippen molar-refractivity contribution in [2.45, 2.75) is 58.0 Å². The van der Waals surface area contributed by atoms with E-state index in [-0.39, 0.29) is 6.42 Å². The Kier molecular flexibility index (Phi) is 6.99. The summed E-state index contributed by atoms with van der Waals surface area (Å²) in [4.78, 5) is 23.3. The van der Waals surface area contributed by atoms with Gasteiger partial charge in [-0.25, -0.2) is 9.59 Å². The fourth-order valence-electron chi connectivity index (χ4n) is 2.46. The van der Waals surface area contributed by atoms with E-state index in [9.17, 15) is 14.7 Å². The molecule has 0 aliphatic heterocycles. The number of alkyl carbamates (subject to hydrolysis) is 1. The Bertz CT molecular complexity index is 617. The molecule has 0 bridgehead atoms. The Morgan fingerprint density at radius 3 is 2.28 bits per heavy atom. The number of rotatable bonds is 7. The van der Waals surface area contributed by atoms with Crippen LogP contribution < -0.4 is 10.5 Å². The Labute approximate surface area is 151 Å². The van der Waals surface area contributed by atoms with Gasteiger partial charge in [0.05, 0.1) is 8.07 Å². The van der Waals surface area contributed by atoms with Crippen molar-refractivity contribution in [2.24, 2.45) is 0 Å². The van der Waals surface area contributed by atoms with Crippen molar-refractivity contribution in [3.8, 4) is 0 Å². The second kappa shape index (κ2) is 8.34. The normalized spacial score (nSPS) is 13.0. The van der Waals surface area contributed by atoms with Gasteiger partial charge in [0, 0.05) is 6.42 Å². The third-order valence-electron chi connectivity index (χ3n) is 3.82. The van der Waals surface area contributed by atoms with Crippen LogP contribution in [-0.2, 0) is 16.0 Å². The van der Waals surface area contributed by atoms with Crippen LogP contribution in [-0.4, -0.2) is 36.9 Å². The molecule has 0 aliphatic rings. The lowest BCUT2D eigenvalue weighted by molar-refractivity contribution is -0.139. The summed E-state index contributed by atoms with van der Waals surface area (Å²) >= 11 is 0.